The molecule has 0 bridgehead atoms. The number of carbonyl (C=O) groups is 1. The molecule has 1 atom stereocenters. The molecular formula is C39H43N3O. The summed E-state index contributed by atoms with van der Waals surface area (Å²) in [5, 5.41) is 7.94. The number of nitrogens with zero attached hydrogens (tertiary/aromatic N) is 1. The molecule has 1 amide bonds. The van der Waals surface area contributed by atoms with Crippen molar-refractivity contribution in [3.8, 4) is 0 Å². The number of unbranched alkanes of at least 4 members (excludes halogenated alkanes) is 1. The maximum Gasteiger partial charge on any atom is 0.272 e. The molecule has 6 rings (SSSR count). The molecule has 5 aromatic rings. The van der Waals surface area contributed by atoms with Crippen LogP contribution in [0.3, 0.4) is 0 Å². The predicted molar refractivity (Wildman–Crippen MR) is 179 cm³/mol. The quantitative estimate of drug-likeness (QED) is 0.148. The van der Waals surface area contributed by atoms with Gasteiger partial charge in [-0.25, -0.2) is 0 Å². The van der Waals surface area contributed by atoms with Crippen LogP contribution in [0.2, 0.25) is 0 Å². The van der Waals surface area contributed by atoms with Crippen LogP contribution in [0, 0.1) is 5.92 Å². The minimum atomic E-state index is -0.0780. The summed E-state index contributed by atoms with van der Waals surface area (Å²) in [6, 6.07) is 38.2. The lowest BCUT2D eigenvalue weighted by Crippen LogP contribution is -2.21. The highest BCUT2D eigenvalue weighted by atomic mass is 16.2. The zero-order valence-electron chi connectivity index (χ0n) is 25.3. The largest absolute Gasteiger partial charge is 0.336 e. The molecule has 0 aliphatic carbocycles. The molecule has 4 aromatic carbocycles. The first-order chi connectivity index (χ1) is 21.2. The molecule has 1 saturated heterocycles. The summed E-state index contributed by atoms with van der Waals surface area (Å²) in [6.45, 7) is 5.28. The Hall–Kier alpha value is -4.15. The lowest BCUT2D eigenvalue weighted by molar-refractivity contribution is 0.101. The minimum Gasteiger partial charge on any atom is -0.336 e. The van der Waals surface area contributed by atoms with Gasteiger partial charge in [0.1, 0.15) is 5.69 Å². The second-order valence-electron chi connectivity index (χ2n) is 11.9. The molecule has 1 fully saturated rings. The molecule has 1 aliphatic heterocycles. The number of anilines is 1. The first-order valence-electron chi connectivity index (χ1n) is 16.0. The van der Waals surface area contributed by atoms with E-state index in [1.807, 2.05) is 12.1 Å². The van der Waals surface area contributed by atoms with Gasteiger partial charge in [-0.3, -0.25) is 4.79 Å². The molecule has 0 saturated carbocycles. The van der Waals surface area contributed by atoms with Crippen LogP contribution in [0.25, 0.3) is 10.9 Å². The summed E-state index contributed by atoms with van der Waals surface area (Å²) in [4.78, 5) is 14.5. The van der Waals surface area contributed by atoms with E-state index in [-0.39, 0.29) is 11.8 Å². The molecule has 2 N–H and O–H groups in total. The monoisotopic (exact) mass is 569 g/mol. The number of nitrogens with one attached hydrogen (secondary N) is 2. The van der Waals surface area contributed by atoms with Crippen molar-refractivity contribution in [2.45, 2.75) is 57.9 Å². The SMILES string of the molecule is CCCc1ccc(NC(=O)c2c(C(c3ccccc3)c3ccccc3)c3ccccc3n2CCCCC2CCNC2)cc1. The van der Waals surface area contributed by atoms with Gasteiger partial charge in [0.2, 0.25) is 0 Å². The zero-order chi connectivity index (χ0) is 29.4. The molecule has 1 aromatic heterocycles. The molecule has 0 spiro atoms. The summed E-state index contributed by atoms with van der Waals surface area (Å²) in [5.74, 6) is 0.646. The topological polar surface area (TPSA) is 46.1 Å². The van der Waals surface area contributed by atoms with Crippen molar-refractivity contribution in [1.82, 2.24) is 9.88 Å². The van der Waals surface area contributed by atoms with Crippen LogP contribution >= 0.6 is 0 Å². The number of benzene rings is 4. The Morgan fingerprint density at radius 1 is 0.860 bits per heavy atom. The van der Waals surface area contributed by atoms with Gasteiger partial charge in [0.15, 0.2) is 0 Å². The standard InChI is InChI=1S/C39H43N3O/c1-2-13-29-21-23-33(24-22-29)41-39(43)38-37(36(31-15-5-3-6-16-31)32-17-7-4-8-18-32)34-19-9-10-20-35(34)42(38)27-12-11-14-30-25-26-40-28-30/h3-10,15-24,30,36,40H,2,11-14,25-28H2,1H3,(H,41,43). The van der Waals surface area contributed by atoms with Gasteiger partial charge in [-0.2, -0.15) is 0 Å². The Labute approximate surface area is 256 Å². The normalized spacial score (nSPS) is 14.9. The first-order valence-corrected chi connectivity index (χ1v) is 16.0. The molecule has 1 unspecified atom stereocenters. The lowest BCUT2D eigenvalue weighted by atomic mass is 9.83. The van der Waals surface area contributed by atoms with E-state index in [0.717, 1.165) is 79.1 Å². The highest BCUT2D eigenvalue weighted by molar-refractivity contribution is 6.09. The van der Waals surface area contributed by atoms with Crippen LogP contribution in [-0.2, 0) is 13.0 Å². The van der Waals surface area contributed by atoms with Crippen molar-refractivity contribution in [3.63, 3.8) is 0 Å². The fourth-order valence-electron chi connectivity index (χ4n) is 6.81. The van der Waals surface area contributed by atoms with Gasteiger partial charge < -0.3 is 15.2 Å². The fourth-order valence-corrected chi connectivity index (χ4v) is 6.81. The van der Waals surface area contributed by atoms with Gasteiger partial charge in [-0.1, -0.05) is 111 Å². The number of para-hydroxylation sites is 1. The zero-order valence-corrected chi connectivity index (χ0v) is 25.3. The van der Waals surface area contributed by atoms with E-state index in [9.17, 15) is 4.79 Å². The molecule has 4 nitrogen and oxygen atoms in total. The Kier molecular flexibility index (Phi) is 9.34. The molecular weight excluding hydrogens is 526 g/mol. The number of rotatable bonds is 12. The lowest BCUT2D eigenvalue weighted by Gasteiger charge is -2.21. The van der Waals surface area contributed by atoms with Gasteiger partial charge >= 0.3 is 0 Å². The number of fused-ring (bicyclic) bond motifs is 1. The van der Waals surface area contributed by atoms with E-state index >= 15 is 0 Å². The van der Waals surface area contributed by atoms with Crippen LogP contribution in [0.1, 0.15) is 77.7 Å². The Morgan fingerprint density at radius 3 is 2.19 bits per heavy atom. The number of hydrogen-bond acceptors (Lipinski definition) is 2. The first kappa shape index (κ1) is 28.9. The summed E-state index contributed by atoms with van der Waals surface area (Å²) in [6.07, 6.45) is 6.86. The van der Waals surface area contributed by atoms with Gasteiger partial charge in [-0.15, -0.1) is 0 Å². The van der Waals surface area contributed by atoms with Crippen LogP contribution in [0.5, 0.6) is 0 Å². The van der Waals surface area contributed by atoms with Crippen molar-refractivity contribution in [3.05, 3.63) is 137 Å². The number of amides is 1. The van der Waals surface area contributed by atoms with E-state index in [1.165, 1.54) is 29.5 Å². The summed E-state index contributed by atoms with van der Waals surface area (Å²) < 4.78 is 2.30. The van der Waals surface area contributed by atoms with Crippen LogP contribution in [0.15, 0.2) is 109 Å². The van der Waals surface area contributed by atoms with Gasteiger partial charge in [0.05, 0.1) is 0 Å². The van der Waals surface area contributed by atoms with E-state index in [2.05, 4.69) is 119 Å². The number of hydrogen-bond donors (Lipinski definition) is 2. The number of carbonyl (C=O) groups excluding carboxylic acids is 1. The molecule has 4 heteroatoms. The van der Waals surface area contributed by atoms with Crippen LogP contribution in [-0.4, -0.2) is 23.6 Å². The van der Waals surface area contributed by atoms with Crippen LogP contribution in [0.4, 0.5) is 5.69 Å². The second-order valence-corrected chi connectivity index (χ2v) is 11.9. The average molecular weight is 570 g/mol. The number of aromatic nitrogens is 1. The van der Waals surface area contributed by atoms with Gasteiger partial charge in [0.25, 0.3) is 5.91 Å². The smallest absolute Gasteiger partial charge is 0.272 e. The van der Waals surface area contributed by atoms with Gasteiger partial charge in [0, 0.05) is 34.6 Å². The molecule has 0 radical (unpaired) electrons. The maximum absolute atomic E-state index is 14.5. The molecule has 1 aliphatic rings. The van der Waals surface area contributed by atoms with Crippen LogP contribution < -0.4 is 10.6 Å². The average Bonchev–Trinajstić information content (AvgIpc) is 3.68. The van der Waals surface area contributed by atoms with Crippen molar-refractivity contribution in [2.75, 3.05) is 18.4 Å². The highest BCUT2D eigenvalue weighted by Gasteiger charge is 2.30. The second kappa shape index (κ2) is 13.9. The minimum absolute atomic E-state index is 0.0497. The van der Waals surface area contributed by atoms with Gasteiger partial charge in [-0.05, 0) is 79.6 Å². The van der Waals surface area contributed by atoms with Crippen molar-refractivity contribution in [2.24, 2.45) is 5.92 Å². The molecule has 43 heavy (non-hydrogen) atoms. The van der Waals surface area contributed by atoms with E-state index in [4.69, 9.17) is 0 Å². The van der Waals surface area contributed by atoms with E-state index in [0.29, 0.717) is 0 Å². The van der Waals surface area contributed by atoms with Crippen molar-refractivity contribution >= 4 is 22.5 Å². The van der Waals surface area contributed by atoms with Crippen molar-refractivity contribution in [1.29, 1.82) is 0 Å². The Bertz CT molecular complexity index is 1580. The molecule has 220 valence electrons. The fraction of sp³-hybridized carbons (Fsp3) is 0.308. The third-order valence-electron chi connectivity index (χ3n) is 8.94. The van der Waals surface area contributed by atoms with E-state index < -0.39 is 0 Å². The third-order valence-corrected chi connectivity index (χ3v) is 8.94. The maximum atomic E-state index is 14.5. The highest BCUT2D eigenvalue weighted by Crippen LogP contribution is 2.40. The Morgan fingerprint density at radius 2 is 1.53 bits per heavy atom. The van der Waals surface area contributed by atoms with Crippen molar-refractivity contribution < 1.29 is 4.79 Å². The summed E-state index contributed by atoms with van der Waals surface area (Å²) in [5.41, 5.74) is 7.46. The number of aryl methyl sites for hydroxylation is 2. The van der Waals surface area contributed by atoms with E-state index in [1.54, 1.807) is 0 Å². The molecule has 2 heterocycles. The third kappa shape index (κ3) is 6.60. The summed E-state index contributed by atoms with van der Waals surface area (Å²) in [7, 11) is 0. The summed E-state index contributed by atoms with van der Waals surface area (Å²) >= 11 is 0. The Balaban J connectivity index is 1.45. The predicted octanol–water partition coefficient (Wildman–Crippen LogP) is 8.81.